The molecule has 0 saturated heterocycles. The molecular weight excluding hydrogens is 236 g/mol. The van der Waals surface area contributed by atoms with Gasteiger partial charge in [0.25, 0.3) is 0 Å². The summed E-state index contributed by atoms with van der Waals surface area (Å²) in [5.74, 6) is -0.683. The molecule has 1 N–H and O–H groups in total. The predicted octanol–water partition coefficient (Wildman–Crippen LogP) is 2.83. The number of hydrogen-bond acceptors (Lipinski definition) is 2. The van der Waals surface area contributed by atoms with Crippen molar-refractivity contribution in [3.05, 3.63) is 59.7 Å². The van der Waals surface area contributed by atoms with Crippen LogP contribution in [0.4, 0.5) is 8.78 Å². The van der Waals surface area contributed by atoms with Crippen LogP contribution in [0.15, 0.2) is 36.7 Å². The molecule has 2 heterocycles. The zero-order valence-corrected chi connectivity index (χ0v) is 9.32. The minimum absolute atomic E-state index is 0.162. The van der Waals surface area contributed by atoms with Crippen molar-refractivity contribution in [1.82, 2.24) is 15.0 Å². The third kappa shape index (κ3) is 1.95. The number of H-pyrrole nitrogens is 1. The maximum atomic E-state index is 13.5. The van der Waals surface area contributed by atoms with Crippen molar-refractivity contribution in [2.75, 3.05) is 0 Å². The summed E-state index contributed by atoms with van der Waals surface area (Å²) in [6.45, 7) is 0. The quantitative estimate of drug-likeness (QED) is 0.754. The minimum atomic E-state index is -0.654. The van der Waals surface area contributed by atoms with Crippen LogP contribution in [0.25, 0.3) is 11.0 Å². The number of aromatic amines is 1. The Morgan fingerprint density at radius 3 is 2.89 bits per heavy atom. The van der Waals surface area contributed by atoms with Gasteiger partial charge < -0.3 is 4.98 Å². The van der Waals surface area contributed by atoms with E-state index in [0.29, 0.717) is 17.8 Å². The average molecular weight is 245 g/mol. The molecule has 0 atom stereocenters. The average Bonchev–Trinajstić information content (AvgIpc) is 2.73. The predicted molar refractivity (Wildman–Crippen MR) is 63.1 cm³/mol. The topological polar surface area (TPSA) is 41.6 Å². The minimum Gasteiger partial charge on any atom is -0.342 e. The van der Waals surface area contributed by atoms with Gasteiger partial charge in [-0.1, -0.05) is 6.07 Å². The molecule has 0 bridgehead atoms. The molecule has 0 aliphatic heterocycles. The van der Waals surface area contributed by atoms with Gasteiger partial charge in [-0.05, 0) is 17.7 Å². The van der Waals surface area contributed by atoms with Gasteiger partial charge in [-0.3, -0.25) is 4.98 Å². The van der Waals surface area contributed by atoms with E-state index in [-0.39, 0.29) is 5.52 Å². The summed E-state index contributed by atoms with van der Waals surface area (Å²) in [6, 6.07) is 5.78. The van der Waals surface area contributed by atoms with E-state index in [1.54, 1.807) is 12.4 Å². The lowest BCUT2D eigenvalue weighted by Gasteiger charge is -1.95. The van der Waals surface area contributed by atoms with E-state index in [0.717, 1.165) is 11.6 Å². The zero-order valence-electron chi connectivity index (χ0n) is 9.32. The summed E-state index contributed by atoms with van der Waals surface area (Å²) in [4.78, 5) is 11.0. The van der Waals surface area contributed by atoms with Crippen molar-refractivity contribution in [2.45, 2.75) is 6.42 Å². The number of pyridine rings is 1. The number of hydrogen-bond donors (Lipinski definition) is 1. The molecule has 0 spiro atoms. The van der Waals surface area contributed by atoms with E-state index in [1.807, 2.05) is 12.1 Å². The van der Waals surface area contributed by atoms with Crippen molar-refractivity contribution < 1.29 is 8.78 Å². The zero-order chi connectivity index (χ0) is 12.5. The maximum absolute atomic E-state index is 13.5. The molecule has 18 heavy (non-hydrogen) atoms. The second-order valence-corrected chi connectivity index (χ2v) is 4.01. The molecule has 1 aromatic carbocycles. The molecule has 90 valence electrons. The number of nitrogens with one attached hydrogen (secondary N) is 1. The number of aromatic nitrogens is 3. The van der Waals surface area contributed by atoms with Crippen LogP contribution < -0.4 is 0 Å². The fourth-order valence-corrected chi connectivity index (χ4v) is 1.87. The van der Waals surface area contributed by atoms with Gasteiger partial charge >= 0.3 is 0 Å². The first kappa shape index (κ1) is 10.8. The second-order valence-electron chi connectivity index (χ2n) is 4.01. The van der Waals surface area contributed by atoms with Crippen LogP contribution in [-0.2, 0) is 6.42 Å². The van der Waals surface area contributed by atoms with Crippen molar-refractivity contribution in [3.8, 4) is 0 Å². The Balaban J connectivity index is 2.01. The first-order valence-corrected chi connectivity index (χ1v) is 5.45. The molecule has 3 rings (SSSR count). The van der Waals surface area contributed by atoms with E-state index < -0.39 is 11.6 Å². The number of benzene rings is 1. The molecule has 3 aromatic rings. The largest absolute Gasteiger partial charge is 0.342 e. The monoisotopic (exact) mass is 245 g/mol. The fourth-order valence-electron chi connectivity index (χ4n) is 1.87. The second kappa shape index (κ2) is 4.18. The third-order valence-corrected chi connectivity index (χ3v) is 2.65. The Kier molecular flexibility index (Phi) is 2.51. The molecule has 0 radical (unpaired) electrons. The third-order valence-electron chi connectivity index (χ3n) is 2.65. The molecule has 3 nitrogen and oxygen atoms in total. The number of rotatable bonds is 2. The van der Waals surface area contributed by atoms with Crippen molar-refractivity contribution in [3.63, 3.8) is 0 Å². The van der Waals surface area contributed by atoms with E-state index in [1.165, 1.54) is 6.07 Å². The number of imidazole rings is 1. The van der Waals surface area contributed by atoms with E-state index >= 15 is 0 Å². The van der Waals surface area contributed by atoms with Gasteiger partial charge in [0.2, 0.25) is 0 Å². The van der Waals surface area contributed by atoms with Crippen LogP contribution in [0.5, 0.6) is 0 Å². The van der Waals surface area contributed by atoms with Gasteiger partial charge in [-0.25, -0.2) is 13.8 Å². The molecule has 0 fully saturated rings. The molecular formula is C13H9F2N3. The molecule has 0 aliphatic carbocycles. The van der Waals surface area contributed by atoms with Crippen molar-refractivity contribution in [1.29, 1.82) is 0 Å². The summed E-state index contributed by atoms with van der Waals surface area (Å²) < 4.78 is 26.5. The Hall–Kier alpha value is -2.30. The Morgan fingerprint density at radius 2 is 2.11 bits per heavy atom. The lowest BCUT2D eigenvalue weighted by molar-refractivity contribution is 0.590. The van der Waals surface area contributed by atoms with Gasteiger partial charge in [-0.15, -0.1) is 0 Å². The van der Waals surface area contributed by atoms with Crippen LogP contribution >= 0.6 is 0 Å². The normalized spacial score (nSPS) is 11.0. The van der Waals surface area contributed by atoms with Gasteiger partial charge in [0.1, 0.15) is 17.2 Å². The van der Waals surface area contributed by atoms with Crippen LogP contribution in [-0.4, -0.2) is 15.0 Å². The summed E-state index contributed by atoms with van der Waals surface area (Å²) >= 11 is 0. The lowest BCUT2D eigenvalue weighted by Crippen LogP contribution is -1.90. The van der Waals surface area contributed by atoms with Crippen LogP contribution in [0, 0.1) is 11.6 Å². The van der Waals surface area contributed by atoms with Gasteiger partial charge in [0, 0.05) is 24.9 Å². The molecule has 2 aromatic heterocycles. The SMILES string of the molecule is Fc1cc(F)c2nc(Cc3cccnc3)[nH]c2c1. The summed E-state index contributed by atoms with van der Waals surface area (Å²) in [5.41, 5.74) is 1.49. The highest BCUT2D eigenvalue weighted by molar-refractivity contribution is 5.75. The van der Waals surface area contributed by atoms with Gasteiger partial charge in [-0.2, -0.15) is 0 Å². The number of nitrogens with zero attached hydrogens (tertiary/aromatic N) is 2. The van der Waals surface area contributed by atoms with E-state index in [9.17, 15) is 8.78 Å². The fraction of sp³-hybridized carbons (Fsp3) is 0.0769. The van der Waals surface area contributed by atoms with E-state index in [2.05, 4.69) is 15.0 Å². The number of halogens is 2. The first-order chi connectivity index (χ1) is 8.72. The molecule has 0 aliphatic rings. The Morgan fingerprint density at radius 1 is 1.22 bits per heavy atom. The highest BCUT2D eigenvalue weighted by atomic mass is 19.1. The summed E-state index contributed by atoms with van der Waals surface area (Å²) in [5, 5.41) is 0. The van der Waals surface area contributed by atoms with Gasteiger partial charge in [0.15, 0.2) is 5.82 Å². The Bertz CT molecular complexity index is 692. The Labute approximate surface area is 102 Å². The highest BCUT2D eigenvalue weighted by Gasteiger charge is 2.10. The number of fused-ring (bicyclic) bond motifs is 1. The van der Waals surface area contributed by atoms with Crippen molar-refractivity contribution in [2.24, 2.45) is 0 Å². The summed E-state index contributed by atoms with van der Waals surface area (Å²) in [7, 11) is 0. The molecule has 0 saturated carbocycles. The van der Waals surface area contributed by atoms with Crippen LogP contribution in [0.1, 0.15) is 11.4 Å². The molecule has 5 heteroatoms. The van der Waals surface area contributed by atoms with Crippen LogP contribution in [0.3, 0.4) is 0 Å². The van der Waals surface area contributed by atoms with Gasteiger partial charge in [0.05, 0.1) is 5.52 Å². The van der Waals surface area contributed by atoms with Crippen LogP contribution in [0.2, 0.25) is 0 Å². The molecule has 0 unspecified atom stereocenters. The lowest BCUT2D eigenvalue weighted by atomic mass is 10.2. The van der Waals surface area contributed by atoms with E-state index in [4.69, 9.17) is 0 Å². The first-order valence-electron chi connectivity index (χ1n) is 5.45. The standard InChI is InChI=1S/C13H9F2N3/c14-9-5-10(15)13-11(6-9)17-12(18-13)4-8-2-1-3-16-7-8/h1-3,5-7H,4H2,(H,17,18). The summed E-state index contributed by atoms with van der Waals surface area (Å²) in [6.07, 6.45) is 3.89. The molecule has 0 amide bonds. The van der Waals surface area contributed by atoms with Crippen molar-refractivity contribution >= 4 is 11.0 Å². The smallest absolute Gasteiger partial charge is 0.153 e. The highest BCUT2D eigenvalue weighted by Crippen LogP contribution is 2.18. The maximum Gasteiger partial charge on any atom is 0.153 e.